The Morgan fingerprint density at radius 3 is 2.71 bits per heavy atom. The van der Waals surface area contributed by atoms with Crippen molar-refractivity contribution in [1.82, 2.24) is 29.8 Å². The molecule has 3 N–H and O–H groups in total. The topological polar surface area (TPSA) is 126 Å². The number of fused-ring (bicyclic) bond motifs is 2. The van der Waals surface area contributed by atoms with Crippen LogP contribution in [0.5, 0.6) is 11.5 Å². The van der Waals surface area contributed by atoms with E-state index in [-0.39, 0.29) is 12.3 Å². The lowest BCUT2D eigenvalue weighted by Crippen LogP contribution is -2.36. The lowest BCUT2D eigenvalue weighted by atomic mass is 10.1. The number of rotatable bonds is 8. The van der Waals surface area contributed by atoms with Crippen molar-refractivity contribution in [1.29, 1.82) is 0 Å². The molecule has 1 aromatic carbocycles. The smallest absolute Gasteiger partial charge is 0.231 e. The zero-order chi connectivity index (χ0) is 23.7. The minimum absolute atomic E-state index is 0.0973. The second kappa shape index (κ2) is 9.15. The molecule has 0 atom stereocenters. The van der Waals surface area contributed by atoms with Gasteiger partial charge in [0.2, 0.25) is 12.7 Å². The first kappa shape index (κ1) is 22.5. The third-order valence-electron chi connectivity index (χ3n) is 5.33. The third kappa shape index (κ3) is 4.66. The predicted octanol–water partition coefficient (Wildman–Crippen LogP) is 4.11. The van der Waals surface area contributed by atoms with Gasteiger partial charge in [0.15, 0.2) is 33.6 Å². The maximum atomic E-state index is 6.13. The van der Waals surface area contributed by atoms with E-state index in [9.17, 15) is 0 Å². The number of hydrogen-bond acceptors (Lipinski definition) is 10. The number of aromatic nitrogens is 5. The molecular formula is C23H27N7O3S. The Labute approximate surface area is 201 Å². The van der Waals surface area contributed by atoms with Crippen molar-refractivity contribution in [2.24, 2.45) is 0 Å². The minimum Gasteiger partial charge on any atom is -0.454 e. The summed E-state index contributed by atoms with van der Waals surface area (Å²) in [6, 6.07) is 3.81. The highest BCUT2D eigenvalue weighted by atomic mass is 32.2. The number of nitrogens with two attached hydrogens (primary N) is 1. The summed E-state index contributed by atoms with van der Waals surface area (Å²) >= 11 is 1.48. The van der Waals surface area contributed by atoms with E-state index >= 15 is 0 Å². The molecule has 1 aliphatic heterocycles. The van der Waals surface area contributed by atoms with E-state index in [4.69, 9.17) is 24.6 Å². The SMILES string of the molecule is CC(C)(C)NCCCCn1c(Sc2cc3c(cc2-c2ncco2)OCO3)nc2c(N)ncnc21. The van der Waals surface area contributed by atoms with Gasteiger partial charge in [-0.25, -0.2) is 19.9 Å². The molecule has 4 aromatic rings. The number of aryl methyl sites for hydroxylation is 1. The fourth-order valence-corrected chi connectivity index (χ4v) is 4.75. The van der Waals surface area contributed by atoms with Crippen molar-refractivity contribution >= 4 is 28.7 Å². The molecule has 0 radical (unpaired) electrons. The van der Waals surface area contributed by atoms with Gasteiger partial charge in [-0.15, -0.1) is 0 Å². The fourth-order valence-electron chi connectivity index (χ4n) is 3.70. The van der Waals surface area contributed by atoms with E-state index < -0.39 is 0 Å². The van der Waals surface area contributed by atoms with Gasteiger partial charge in [0.25, 0.3) is 0 Å². The molecule has 11 heteroatoms. The Bertz CT molecular complexity index is 1300. The Morgan fingerprint density at radius 1 is 1.12 bits per heavy atom. The summed E-state index contributed by atoms with van der Waals surface area (Å²) in [7, 11) is 0. The zero-order valence-corrected chi connectivity index (χ0v) is 20.2. The van der Waals surface area contributed by atoms with Crippen LogP contribution in [0, 0.1) is 0 Å². The summed E-state index contributed by atoms with van der Waals surface area (Å²) in [6.07, 6.45) is 6.62. The van der Waals surface area contributed by atoms with Gasteiger partial charge < -0.3 is 29.5 Å². The Hall–Kier alpha value is -3.31. The Morgan fingerprint density at radius 2 is 1.94 bits per heavy atom. The lowest BCUT2D eigenvalue weighted by molar-refractivity contribution is 0.174. The molecule has 5 rings (SSSR count). The van der Waals surface area contributed by atoms with Crippen molar-refractivity contribution in [2.45, 2.75) is 55.7 Å². The van der Waals surface area contributed by atoms with Crippen LogP contribution in [0.2, 0.25) is 0 Å². The number of anilines is 1. The van der Waals surface area contributed by atoms with Crippen molar-refractivity contribution in [2.75, 3.05) is 19.1 Å². The first-order valence-corrected chi connectivity index (χ1v) is 11.9. The van der Waals surface area contributed by atoms with Gasteiger partial charge in [0.05, 0.1) is 11.8 Å². The largest absolute Gasteiger partial charge is 0.454 e. The molecule has 0 saturated heterocycles. The van der Waals surface area contributed by atoms with Crippen LogP contribution in [0.4, 0.5) is 5.82 Å². The van der Waals surface area contributed by atoms with Crippen molar-refractivity contribution in [3.8, 4) is 23.0 Å². The quantitative estimate of drug-likeness (QED) is 0.355. The predicted molar refractivity (Wildman–Crippen MR) is 129 cm³/mol. The Kier molecular flexibility index (Phi) is 6.05. The number of ether oxygens (including phenoxy) is 2. The molecule has 0 spiro atoms. The van der Waals surface area contributed by atoms with Crippen LogP contribution in [0.3, 0.4) is 0 Å². The second-order valence-corrected chi connectivity index (χ2v) is 10.0. The number of unbranched alkanes of at least 4 members (excludes halogenated alkanes) is 1. The number of oxazole rings is 1. The van der Waals surface area contributed by atoms with Crippen LogP contribution >= 0.6 is 11.8 Å². The highest BCUT2D eigenvalue weighted by molar-refractivity contribution is 7.99. The van der Waals surface area contributed by atoms with Crippen molar-refractivity contribution < 1.29 is 13.9 Å². The normalized spacial score (nSPS) is 13.1. The van der Waals surface area contributed by atoms with Crippen LogP contribution in [0.1, 0.15) is 33.6 Å². The van der Waals surface area contributed by atoms with Crippen LogP contribution < -0.4 is 20.5 Å². The van der Waals surface area contributed by atoms with E-state index in [0.29, 0.717) is 28.7 Å². The van der Waals surface area contributed by atoms with E-state index in [2.05, 4.69) is 45.6 Å². The van der Waals surface area contributed by atoms with Gasteiger partial charge in [0.1, 0.15) is 12.6 Å². The number of nitrogens with zero attached hydrogens (tertiary/aromatic N) is 5. The van der Waals surface area contributed by atoms with Crippen LogP contribution in [-0.2, 0) is 6.54 Å². The highest BCUT2D eigenvalue weighted by Crippen LogP contribution is 2.44. The standard InChI is InChI=1S/C23H27N7O3S/c1-23(2,3)28-6-4-5-8-30-20-18(19(24)26-12-27-20)29-22(30)34-17-11-16-15(32-13-33-16)10-14(17)21-25-7-9-31-21/h7,9-12,28H,4-6,8,13H2,1-3H3,(H2,24,26,27). The Balaban J connectivity index is 1.47. The van der Waals surface area contributed by atoms with Crippen molar-refractivity contribution in [3.05, 3.63) is 30.9 Å². The molecule has 0 aliphatic carbocycles. The first-order valence-electron chi connectivity index (χ1n) is 11.1. The number of nitrogens with one attached hydrogen (secondary N) is 1. The summed E-state index contributed by atoms with van der Waals surface area (Å²) in [6.45, 7) is 8.37. The van der Waals surface area contributed by atoms with E-state index in [1.807, 2.05) is 12.1 Å². The second-order valence-electron chi connectivity index (χ2n) is 9.00. The number of benzene rings is 1. The average molecular weight is 482 g/mol. The number of nitrogen functional groups attached to an aromatic ring is 1. The summed E-state index contributed by atoms with van der Waals surface area (Å²) < 4.78 is 18.9. The fraction of sp³-hybridized carbons (Fsp3) is 0.391. The van der Waals surface area contributed by atoms with Crippen LogP contribution in [0.25, 0.3) is 22.6 Å². The molecule has 0 fully saturated rings. The average Bonchev–Trinajstić information content (AvgIpc) is 3.53. The van der Waals surface area contributed by atoms with Gasteiger partial charge in [-0.05, 0) is 52.3 Å². The summed E-state index contributed by atoms with van der Waals surface area (Å²) in [4.78, 5) is 18.6. The lowest BCUT2D eigenvalue weighted by Gasteiger charge is -2.20. The summed E-state index contributed by atoms with van der Waals surface area (Å²) in [5.41, 5.74) is 8.34. The third-order valence-corrected chi connectivity index (χ3v) is 6.38. The monoisotopic (exact) mass is 481 g/mol. The van der Waals surface area contributed by atoms with Gasteiger partial charge in [-0.3, -0.25) is 0 Å². The van der Waals surface area contributed by atoms with E-state index in [0.717, 1.165) is 47.2 Å². The first-order chi connectivity index (χ1) is 16.4. The molecular weight excluding hydrogens is 454 g/mol. The van der Waals surface area contributed by atoms with Gasteiger partial charge >= 0.3 is 0 Å². The highest BCUT2D eigenvalue weighted by Gasteiger charge is 2.23. The number of imidazole rings is 1. The van der Waals surface area contributed by atoms with Gasteiger partial charge in [-0.2, -0.15) is 0 Å². The van der Waals surface area contributed by atoms with Crippen LogP contribution in [-0.4, -0.2) is 43.4 Å². The molecule has 3 aromatic heterocycles. The maximum absolute atomic E-state index is 6.13. The van der Waals surface area contributed by atoms with Crippen molar-refractivity contribution in [3.63, 3.8) is 0 Å². The molecule has 1 aliphatic rings. The van der Waals surface area contributed by atoms with E-state index in [1.54, 1.807) is 12.5 Å². The van der Waals surface area contributed by atoms with Gasteiger partial charge in [-0.1, -0.05) is 11.8 Å². The molecule has 34 heavy (non-hydrogen) atoms. The molecule has 0 amide bonds. The maximum Gasteiger partial charge on any atom is 0.231 e. The summed E-state index contributed by atoms with van der Waals surface area (Å²) in [5, 5.41) is 4.29. The molecule has 0 unspecified atom stereocenters. The van der Waals surface area contributed by atoms with Crippen LogP contribution in [0.15, 0.2) is 45.4 Å². The molecule has 10 nitrogen and oxygen atoms in total. The minimum atomic E-state index is 0.0973. The summed E-state index contributed by atoms with van der Waals surface area (Å²) in [5.74, 6) is 2.19. The molecule has 0 saturated carbocycles. The number of hydrogen-bond donors (Lipinski definition) is 2. The van der Waals surface area contributed by atoms with Gasteiger partial charge in [0, 0.05) is 17.0 Å². The zero-order valence-electron chi connectivity index (χ0n) is 19.4. The molecule has 0 bridgehead atoms. The molecule has 178 valence electrons. The molecule has 4 heterocycles. The van der Waals surface area contributed by atoms with E-state index in [1.165, 1.54) is 18.1 Å².